The molecule has 0 heterocycles. The van der Waals surface area contributed by atoms with Gasteiger partial charge < -0.3 is 19.5 Å². The summed E-state index contributed by atoms with van der Waals surface area (Å²) in [4.78, 5) is 23.3. The van der Waals surface area contributed by atoms with Crippen molar-refractivity contribution in [3.8, 4) is 0 Å². The Morgan fingerprint density at radius 3 is 2.35 bits per heavy atom. The fourth-order valence-electron chi connectivity index (χ4n) is 1.97. The number of carbonyl (C=O) groups excluding carboxylic acids is 2. The molecule has 1 rings (SSSR count). The molecule has 0 saturated carbocycles. The van der Waals surface area contributed by atoms with E-state index < -0.39 is 24.8 Å². The molecule has 0 fully saturated rings. The first-order valence-corrected chi connectivity index (χ1v) is 7.10. The van der Waals surface area contributed by atoms with Gasteiger partial charge in [0.25, 0.3) is 0 Å². The largest absolute Gasteiger partial charge is 0.488 e. The predicted molar refractivity (Wildman–Crippen MR) is 86.6 cm³/mol. The van der Waals surface area contributed by atoms with E-state index >= 15 is 0 Å². The second kappa shape index (κ2) is 7.48. The van der Waals surface area contributed by atoms with Gasteiger partial charge in [0.1, 0.15) is 5.60 Å². The van der Waals surface area contributed by atoms with Crippen LogP contribution >= 0.6 is 0 Å². The van der Waals surface area contributed by atoms with Gasteiger partial charge in [-0.15, -0.1) is 0 Å². The van der Waals surface area contributed by atoms with Crippen LogP contribution in [0.5, 0.6) is 0 Å². The molecule has 0 unspecified atom stereocenters. The number of methoxy groups -OCH3 is 1. The third-order valence-corrected chi connectivity index (χ3v) is 3.04. The van der Waals surface area contributed by atoms with E-state index in [4.69, 9.17) is 4.74 Å². The first-order valence-electron chi connectivity index (χ1n) is 7.10. The van der Waals surface area contributed by atoms with Gasteiger partial charge in [-0.1, -0.05) is 0 Å². The lowest BCUT2D eigenvalue weighted by Gasteiger charge is -2.20. The highest BCUT2D eigenvalue weighted by Crippen LogP contribution is 2.17. The first-order chi connectivity index (χ1) is 10.5. The van der Waals surface area contributed by atoms with Crippen LogP contribution in [0.3, 0.4) is 0 Å². The van der Waals surface area contributed by atoms with E-state index in [1.165, 1.54) is 13.2 Å². The summed E-state index contributed by atoms with van der Waals surface area (Å²) >= 11 is 0. The molecule has 1 aromatic carbocycles. The van der Waals surface area contributed by atoms with Gasteiger partial charge in [0.05, 0.1) is 13.5 Å². The quantitative estimate of drug-likeness (QED) is 0.557. The molecule has 3 N–H and O–H groups in total. The number of esters is 1. The minimum atomic E-state index is -1.73. The fraction of sp³-hybridized carbons (Fsp3) is 0.467. The van der Waals surface area contributed by atoms with Crippen molar-refractivity contribution in [3.05, 3.63) is 23.3 Å². The number of amides is 1. The van der Waals surface area contributed by atoms with Gasteiger partial charge in [-0.3, -0.25) is 10.1 Å². The molecule has 0 aromatic heterocycles. The number of carbonyl (C=O) groups is 2. The summed E-state index contributed by atoms with van der Waals surface area (Å²) in [7, 11) is -0.464. The van der Waals surface area contributed by atoms with E-state index in [1.54, 1.807) is 33.8 Å². The first kappa shape index (κ1) is 19.0. The molecule has 0 aliphatic carbocycles. The highest BCUT2D eigenvalue weighted by atomic mass is 16.6. The Bertz CT molecular complexity index is 594. The number of hydrogen-bond acceptors (Lipinski definition) is 6. The SMILES string of the molecule is COC(=O)Cc1cc(NC(=O)OC(C)(C)C)cc(B(O)O)c1C. The van der Waals surface area contributed by atoms with E-state index in [1.807, 2.05) is 0 Å². The van der Waals surface area contributed by atoms with Crippen LogP contribution in [-0.2, 0) is 20.7 Å². The van der Waals surface area contributed by atoms with Gasteiger partial charge in [-0.25, -0.2) is 4.79 Å². The molecule has 0 saturated heterocycles. The third kappa shape index (κ3) is 5.92. The molecule has 0 aliphatic heterocycles. The van der Waals surface area contributed by atoms with Crippen LogP contribution < -0.4 is 10.8 Å². The maximum Gasteiger partial charge on any atom is 0.488 e. The van der Waals surface area contributed by atoms with Crippen LogP contribution in [0.2, 0.25) is 0 Å². The Morgan fingerprint density at radius 1 is 1.26 bits per heavy atom. The summed E-state index contributed by atoms with van der Waals surface area (Å²) in [5, 5.41) is 21.4. The standard InChI is InChI=1S/C15H22BNO6/c1-9-10(7-13(18)22-5)6-11(8-12(9)16(20)21)17-14(19)23-15(2,3)4/h6,8,20-21H,7H2,1-5H3,(H,17,19). The Labute approximate surface area is 135 Å². The van der Waals surface area contributed by atoms with Crippen LogP contribution in [0.1, 0.15) is 31.9 Å². The molecule has 1 aromatic rings. The third-order valence-electron chi connectivity index (χ3n) is 3.04. The van der Waals surface area contributed by atoms with Crippen molar-refractivity contribution >= 4 is 30.3 Å². The van der Waals surface area contributed by atoms with Crippen molar-refractivity contribution in [2.45, 2.75) is 39.7 Å². The van der Waals surface area contributed by atoms with Crippen LogP contribution in [-0.4, -0.2) is 41.9 Å². The molecule has 0 atom stereocenters. The second-order valence-corrected chi connectivity index (χ2v) is 6.10. The average molecular weight is 323 g/mol. The molecule has 23 heavy (non-hydrogen) atoms. The molecule has 0 radical (unpaired) electrons. The van der Waals surface area contributed by atoms with E-state index in [0.29, 0.717) is 16.8 Å². The van der Waals surface area contributed by atoms with Crippen molar-refractivity contribution in [1.29, 1.82) is 0 Å². The van der Waals surface area contributed by atoms with Gasteiger partial charge in [0.15, 0.2) is 0 Å². The average Bonchev–Trinajstić information content (AvgIpc) is 2.39. The molecular weight excluding hydrogens is 301 g/mol. The second-order valence-electron chi connectivity index (χ2n) is 6.10. The van der Waals surface area contributed by atoms with Gasteiger partial charge in [-0.2, -0.15) is 0 Å². The molecule has 0 spiro atoms. The smallest absolute Gasteiger partial charge is 0.469 e. The summed E-state index contributed by atoms with van der Waals surface area (Å²) in [5.74, 6) is -0.471. The van der Waals surface area contributed by atoms with Crippen molar-refractivity contribution in [3.63, 3.8) is 0 Å². The van der Waals surface area contributed by atoms with E-state index in [9.17, 15) is 19.6 Å². The lowest BCUT2D eigenvalue weighted by Crippen LogP contribution is -2.34. The lowest BCUT2D eigenvalue weighted by atomic mass is 9.75. The highest BCUT2D eigenvalue weighted by molar-refractivity contribution is 6.59. The topological polar surface area (TPSA) is 105 Å². The summed E-state index contributed by atoms with van der Waals surface area (Å²) in [6.45, 7) is 6.85. The van der Waals surface area contributed by atoms with Crippen molar-refractivity contribution in [2.75, 3.05) is 12.4 Å². The van der Waals surface area contributed by atoms with Crippen molar-refractivity contribution in [1.82, 2.24) is 0 Å². The van der Waals surface area contributed by atoms with Gasteiger partial charge >= 0.3 is 19.2 Å². The zero-order valence-corrected chi connectivity index (χ0v) is 14.0. The predicted octanol–water partition coefficient (Wildman–Crippen LogP) is 0.737. The van der Waals surface area contributed by atoms with Crippen LogP contribution in [0.25, 0.3) is 0 Å². The van der Waals surface area contributed by atoms with Crippen molar-refractivity contribution < 1.29 is 29.1 Å². The zero-order chi connectivity index (χ0) is 17.8. The summed E-state index contributed by atoms with van der Waals surface area (Å²) in [5.41, 5.74) is 0.890. The number of benzene rings is 1. The van der Waals surface area contributed by atoms with Crippen LogP contribution in [0, 0.1) is 6.92 Å². The number of nitrogens with one attached hydrogen (secondary N) is 1. The highest BCUT2D eigenvalue weighted by Gasteiger charge is 2.21. The Balaban J connectivity index is 3.12. The molecule has 0 bridgehead atoms. The van der Waals surface area contributed by atoms with E-state index in [0.717, 1.165) is 0 Å². The van der Waals surface area contributed by atoms with Gasteiger partial charge in [0, 0.05) is 5.69 Å². The molecule has 126 valence electrons. The molecule has 0 aliphatic rings. The van der Waals surface area contributed by atoms with Crippen molar-refractivity contribution in [2.24, 2.45) is 0 Å². The van der Waals surface area contributed by atoms with Gasteiger partial charge in [0.2, 0.25) is 0 Å². The number of ether oxygens (including phenoxy) is 2. The fourth-order valence-corrected chi connectivity index (χ4v) is 1.97. The summed E-state index contributed by atoms with van der Waals surface area (Å²) in [6.07, 6.45) is -0.727. The minimum Gasteiger partial charge on any atom is -0.469 e. The molecule has 1 amide bonds. The summed E-state index contributed by atoms with van der Waals surface area (Å²) < 4.78 is 9.77. The number of anilines is 1. The monoisotopic (exact) mass is 323 g/mol. The normalized spacial score (nSPS) is 10.9. The Morgan fingerprint density at radius 2 is 1.87 bits per heavy atom. The maximum absolute atomic E-state index is 11.8. The van der Waals surface area contributed by atoms with Crippen LogP contribution in [0.4, 0.5) is 10.5 Å². The summed E-state index contributed by atoms with van der Waals surface area (Å²) in [6, 6.07) is 2.99. The van der Waals surface area contributed by atoms with Gasteiger partial charge in [-0.05, 0) is 56.4 Å². The van der Waals surface area contributed by atoms with E-state index in [-0.39, 0.29) is 11.9 Å². The molecule has 7 nitrogen and oxygen atoms in total. The molecule has 8 heteroatoms. The lowest BCUT2D eigenvalue weighted by molar-refractivity contribution is -0.139. The number of hydrogen-bond donors (Lipinski definition) is 3. The van der Waals surface area contributed by atoms with E-state index in [2.05, 4.69) is 10.1 Å². The minimum absolute atomic E-state index is 0.0497. The van der Waals surface area contributed by atoms with Crippen LogP contribution in [0.15, 0.2) is 12.1 Å². The molecular formula is C15H22BNO6. The Kier molecular flexibility index (Phi) is 6.17. The maximum atomic E-state index is 11.8. The zero-order valence-electron chi connectivity index (χ0n) is 14.0. The number of rotatable bonds is 4. The Hall–Kier alpha value is -2.06.